The summed E-state index contributed by atoms with van der Waals surface area (Å²) < 4.78 is 1.70. The molecule has 226 valence electrons. The number of carbonyl (C=O) groups is 3. The van der Waals surface area contributed by atoms with Gasteiger partial charge in [0.2, 0.25) is 5.91 Å². The zero-order valence-corrected chi connectivity index (χ0v) is 25.7. The fourth-order valence-electron chi connectivity index (χ4n) is 5.86. The molecule has 0 bridgehead atoms. The lowest BCUT2D eigenvalue weighted by molar-refractivity contribution is -0.122. The molecule has 2 aliphatic carbocycles. The monoisotopic (exact) mass is 625 g/mol. The van der Waals surface area contributed by atoms with Gasteiger partial charge in [-0.25, -0.2) is 19.9 Å². The number of aromatic nitrogens is 6. The summed E-state index contributed by atoms with van der Waals surface area (Å²) in [6, 6.07) is 15.5. The quantitative estimate of drug-likeness (QED) is 0.305. The van der Waals surface area contributed by atoms with Crippen LogP contribution in [0.2, 0.25) is 0 Å². The third-order valence-electron chi connectivity index (χ3n) is 8.18. The minimum atomic E-state index is -0.186. The van der Waals surface area contributed by atoms with Crippen molar-refractivity contribution >= 4 is 57.3 Å². The number of ketones is 2. The summed E-state index contributed by atoms with van der Waals surface area (Å²) in [6.45, 7) is 4.00. The topological polar surface area (TPSA) is 133 Å². The van der Waals surface area contributed by atoms with Gasteiger partial charge in [-0.1, -0.05) is 56.3 Å². The highest BCUT2D eigenvalue weighted by Gasteiger charge is 2.27. The molecule has 46 heavy (non-hydrogen) atoms. The van der Waals surface area contributed by atoms with Crippen LogP contribution < -0.4 is 15.8 Å². The number of hydrogen-bond acceptors (Lipinski definition) is 9. The van der Waals surface area contributed by atoms with E-state index in [0.717, 1.165) is 43.9 Å². The summed E-state index contributed by atoms with van der Waals surface area (Å²) in [7, 11) is 0. The Balaban J connectivity index is 0.000000147. The number of rotatable bonds is 4. The van der Waals surface area contributed by atoms with Gasteiger partial charge in [0.1, 0.15) is 24.2 Å². The molecule has 2 unspecified atom stereocenters. The molecule has 11 heteroatoms. The van der Waals surface area contributed by atoms with Gasteiger partial charge in [-0.3, -0.25) is 19.4 Å². The smallest absolute Gasteiger partial charge is 0.246 e. The van der Waals surface area contributed by atoms with E-state index in [1.54, 1.807) is 35.6 Å². The first-order valence-corrected chi connectivity index (χ1v) is 15.6. The van der Waals surface area contributed by atoms with Gasteiger partial charge < -0.3 is 9.88 Å². The predicted octanol–water partition coefficient (Wildman–Crippen LogP) is 4.42. The van der Waals surface area contributed by atoms with Crippen molar-refractivity contribution in [1.82, 2.24) is 29.5 Å². The zero-order chi connectivity index (χ0) is 31.8. The molecule has 0 saturated carbocycles. The van der Waals surface area contributed by atoms with Crippen LogP contribution in [-0.4, -0.2) is 47.0 Å². The molecule has 6 aromatic rings. The van der Waals surface area contributed by atoms with Gasteiger partial charge in [0.25, 0.3) is 0 Å². The second kappa shape index (κ2) is 12.0. The largest absolute Gasteiger partial charge is 0.318 e. The van der Waals surface area contributed by atoms with Crippen molar-refractivity contribution in [1.29, 1.82) is 0 Å². The molecule has 0 spiro atoms. The van der Waals surface area contributed by atoms with E-state index in [4.69, 9.17) is 0 Å². The molecular formula is C35H27N7O3S. The summed E-state index contributed by atoms with van der Waals surface area (Å²) in [5, 5.41) is 7.26. The number of anilines is 1. The minimum Gasteiger partial charge on any atom is -0.318 e. The molecule has 1 N–H and O–H groups in total. The normalized spacial score (nSPS) is 16.2. The van der Waals surface area contributed by atoms with E-state index in [9.17, 15) is 14.4 Å². The number of amides is 1. The number of Topliss-reactive ketones (excluding diaryl/α,β-unsaturated/α-hetero) is 2. The highest BCUT2D eigenvalue weighted by atomic mass is 32.1. The van der Waals surface area contributed by atoms with Crippen LogP contribution in [0, 0.1) is 5.92 Å². The first-order valence-electron chi connectivity index (χ1n) is 14.7. The highest BCUT2D eigenvalue weighted by Crippen LogP contribution is 2.28. The van der Waals surface area contributed by atoms with Crippen molar-refractivity contribution in [3.63, 3.8) is 0 Å². The Labute approximate surface area is 267 Å². The molecule has 2 aliphatic rings. The molecule has 0 aliphatic heterocycles. The van der Waals surface area contributed by atoms with Gasteiger partial charge >= 0.3 is 0 Å². The third-order valence-corrected chi connectivity index (χ3v) is 8.94. The van der Waals surface area contributed by atoms with Gasteiger partial charge in [0, 0.05) is 40.7 Å². The molecule has 1 amide bonds. The maximum atomic E-state index is 12.4. The third kappa shape index (κ3) is 5.41. The average molecular weight is 626 g/mol. The number of nitrogens with one attached hydrogen (secondary N) is 1. The highest BCUT2D eigenvalue weighted by molar-refractivity contribution is 7.14. The van der Waals surface area contributed by atoms with E-state index in [-0.39, 0.29) is 35.9 Å². The molecule has 2 atom stereocenters. The van der Waals surface area contributed by atoms with Crippen LogP contribution in [-0.2, 0) is 16.1 Å². The lowest BCUT2D eigenvalue weighted by Crippen LogP contribution is -2.40. The molecule has 8 rings (SSSR count). The molecule has 0 saturated heterocycles. The number of imidazole rings is 1. The molecule has 4 heterocycles. The van der Waals surface area contributed by atoms with Crippen molar-refractivity contribution in [2.75, 3.05) is 5.32 Å². The summed E-state index contributed by atoms with van der Waals surface area (Å²) in [4.78, 5) is 57.4. The average Bonchev–Trinajstić information content (AvgIpc) is 3.72. The van der Waals surface area contributed by atoms with E-state index in [0.29, 0.717) is 16.3 Å². The second-order valence-corrected chi connectivity index (χ2v) is 11.9. The van der Waals surface area contributed by atoms with Gasteiger partial charge in [-0.05, 0) is 45.3 Å². The fourth-order valence-corrected chi connectivity index (χ4v) is 6.59. The number of hydrogen-bond donors (Lipinski definition) is 1. The van der Waals surface area contributed by atoms with Crippen LogP contribution in [0.3, 0.4) is 0 Å². The van der Waals surface area contributed by atoms with E-state index in [1.165, 1.54) is 17.7 Å². The Hall–Kier alpha value is -5.68. The van der Waals surface area contributed by atoms with Crippen LogP contribution in [0.1, 0.15) is 35.7 Å². The molecule has 2 aromatic carbocycles. The molecular weight excluding hydrogens is 598 g/mol. The van der Waals surface area contributed by atoms with Crippen LogP contribution in [0.25, 0.3) is 45.7 Å². The summed E-state index contributed by atoms with van der Waals surface area (Å²) >= 11 is 1.38. The Morgan fingerprint density at radius 1 is 0.935 bits per heavy atom. The number of pyridine rings is 1. The Kier molecular flexibility index (Phi) is 7.59. The molecule has 0 radical (unpaired) electrons. The van der Waals surface area contributed by atoms with Crippen molar-refractivity contribution in [3.8, 4) is 22.4 Å². The van der Waals surface area contributed by atoms with Gasteiger partial charge in [0.15, 0.2) is 16.6 Å². The summed E-state index contributed by atoms with van der Waals surface area (Å²) in [6.07, 6.45) is 11.8. The lowest BCUT2D eigenvalue weighted by atomic mass is 9.79. The lowest BCUT2D eigenvalue weighted by Gasteiger charge is -2.23. The SMILES string of the molecule is CC1C=c2c(ccc3c2=CC(=O)c2ccccc2-3)C(C)C1=O.O=C(Cn1cnc2ncncc21)Nc1nc(-c2ccncc2)cs1. The maximum Gasteiger partial charge on any atom is 0.246 e. The van der Waals surface area contributed by atoms with Crippen molar-refractivity contribution in [2.24, 2.45) is 5.92 Å². The summed E-state index contributed by atoms with van der Waals surface area (Å²) in [5.41, 5.74) is 6.89. The fraction of sp³-hybridized carbons (Fsp3) is 0.143. The van der Waals surface area contributed by atoms with Crippen molar-refractivity contribution in [3.05, 3.63) is 107 Å². The number of fused-ring (bicyclic) bond motifs is 6. The zero-order valence-electron chi connectivity index (χ0n) is 24.9. The van der Waals surface area contributed by atoms with E-state index in [1.807, 2.05) is 73.8 Å². The Bertz CT molecular complexity index is 2280. The van der Waals surface area contributed by atoms with Gasteiger partial charge in [-0.15, -0.1) is 11.3 Å². The number of benzene rings is 2. The van der Waals surface area contributed by atoms with Crippen LogP contribution >= 0.6 is 11.3 Å². The van der Waals surface area contributed by atoms with E-state index >= 15 is 0 Å². The molecule has 4 aromatic heterocycles. The van der Waals surface area contributed by atoms with Crippen molar-refractivity contribution < 1.29 is 14.4 Å². The first-order chi connectivity index (χ1) is 22.4. The number of carbonyl (C=O) groups excluding carboxylic acids is 3. The number of thiazole rings is 1. The maximum absolute atomic E-state index is 12.4. The first kappa shape index (κ1) is 29.1. The number of nitrogens with zero attached hydrogens (tertiary/aromatic N) is 6. The van der Waals surface area contributed by atoms with Crippen LogP contribution in [0.15, 0.2) is 85.2 Å². The van der Waals surface area contributed by atoms with Crippen LogP contribution in [0.4, 0.5) is 5.13 Å². The standard InChI is InChI=1S/C20H16O2.C15H11N7OS/c1-11-9-17-13(12(2)20(11)22)7-8-15-14-5-3-4-6-16(14)19(21)10-18(15)17;23-13(6-22-9-19-14-12(22)5-17-8-18-14)21-15-20-11(7-24-15)10-1-3-16-4-2-10/h3-12H,1-2H3;1-5,7-9H,6H2,(H,20,21,23). The minimum absolute atomic E-state index is 0.0436. The van der Waals surface area contributed by atoms with E-state index < -0.39 is 0 Å². The van der Waals surface area contributed by atoms with Gasteiger partial charge in [-0.2, -0.15) is 0 Å². The summed E-state index contributed by atoms with van der Waals surface area (Å²) in [5.74, 6) is -0.110. The van der Waals surface area contributed by atoms with E-state index in [2.05, 4.69) is 30.2 Å². The van der Waals surface area contributed by atoms with Crippen molar-refractivity contribution in [2.45, 2.75) is 26.3 Å². The van der Waals surface area contributed by atoms with Crippen LogP contribution in [0.5, 0.6) is 0 Å². The predicted molar refractivity (Wildman–Crippen MR) is 176 cm³/mol. The Morgan fingerprint density at radius 3 is 2.57 bits per heavy atom. The Morgan fingerprint density at radius 2 is 1.74 bits per heavy atom. The molecule has 0 fully saturated rings. The van der Waals surface area contributed by atoms with Gasteiger partial charge in [0.05, 0.1) is 18.2 Å². The molecule has 10 nitrogen and oxygen atoms in total. The second-order valence-electron chi connectivity index (χ2n) is 11.1.